The van der Waals surface area contributed by atoms with Gasteiger partial charge in [-0.1, -0.05) is 19.1 Å². The number of likely N-dealkylation sites (tertiary alicyclic amines) is 1. The third-order valence-electron chi connectivity index (χ3n) is 7.50. The molecule has 1 N–H and O–H groups in total. The molecule has 2 fully saturated rings. The number of urea groups is 1. The summed E-state index contributed by atoms with van der Waals surface area (Å²) in [5.41, 5.74) is 5.35. The lowest BCUT2D eigenvalue weighted by Gasteiger charge is -2.27. The summed E-state index contributed by atoms with van der Waals surface area (Å²) < 4.78 is 6.02. The van der Waals surface area contributed by atoms with Crippen LogP contribution in [0.2, 0.25) is 0 Å². The van der Waals surface area contributed by atoms with Gasteiger partial charge in [-0.05, 0) is 72.9 Å². The van der Waals surface area contributed by atoms with Gasteiger partial charge in [0, 0.05) is 18.7 Å². The minimum Gasteiger partial charge on any atom is -0.491 e. The van der Waals surface area contributed by atoms with Gasteiger partial charge in [0.1, 0.15) is 18.2 Å². The van der Waals surface area contributed by atoms with E-state index in [1.54, 1.807) is 0 Å². The summed E-state index contributed by atoms with van der Waals surface area (Å²) in [6.07, 6.45) is 2.54. The van der Waals surface area contributed by atoms with Crippen molar-refractivity contribution in [3.05, 3.63) is 47.8 Å². The van der Waals surface area contributed by atoms with Crippen molar-refractivity contribution >= 4 is 17.1 Å². The third-order valence-corrected chi connectivity index (χ3v) is 7.50. The van der Waals surface area contributed by atoms with Crippen LogP contribution in [0.4, 0.5) is 4.79 Å². The Morgan fingerprint density at radius 2 is 1.81 bits per heavy atom. The Morgan fingerprint density at radius 1 is 1.06 bits per heavy atom. The number of rotatable bonds is 1. The largest absolute Gasteiger partial charge is 0.491 e. The second-order valence-corrected chi connectivity index (χ2v) is 9.93. The molecule has 6 heteroatoms. The standard InChI is InChI=1S/C26H30N4O2/c1-16-9-20-13-30(14-21(20)10-16)26(31)29-7-8-32-25-6-4-18(11-22(25)15-29)19-3-5-23-24(12-19)28-17(2)27-23/h3-6,11-12,16,20-21H,7-10,13-15H2,1-2H3,(H,27,28)/t16?,20-,21?/m1/s1. The molecule has 3 heterocycles. The van der Waals surface area contributed by atoms with Crippen LogP contribution in [0.25, 0.3) is 22.2 Å². The zero-order valence-corrected chi connectivity index (χ0v) is 18.8. The predicted octanol–water partition coefficient (Wildman–Crippen LogP) is 4.83. The number of carbonyl (C=O) groups is 1. The summed E-state index contributed by atoms with van der Waals surface area (Å²) in [4.78, 5) is 25.2. The Bertz CT molecular complexity index is 1170. The second-order valence-electron chi connectivity index (χ2n) is 9.93. The summed E-state index contributed by atoms with van der Waals surface area (Å²) in [5, 5.41) is 0. The van der Waals surface area contributed by atoms with Gasteiger partial charge in [0.25, 0.3) is 0 Å². The number of imidazole rings is 1. The maximum atomic E-state index is 13.4. The van der Waals surface area contributed by atoms with Gasteiger partial charge in [-0.2, -0.15) is 0 Å². The Morgan fingerprint density at radius 3 is 2.62 bits per heavy atom. The fraction of sp³-hybridized carbons (Fsp3) is 0.462. The lowest BCUT2D eigenvalue weighted by Crippen LogP contribution is -2.43. The summed E-state index contributed by atoms with van der Waals surface area (Å²) in [6.45, 7) is 7.91. The van der Waals surface area contributed by atoms with Crippen molar-refractivity contribution in [2.45, 2.75) is 33.2 Å². The van der Waals surface area contributed by atoms with Crippen LogP contribution in [0, 0.1) is 24.7 Å². The molecule has 1 aromatic heterocycles. The smallest absolute Gasteiger partial charge is 0.320 e. The van der Waals surface area contributed by atoms with E-state index in [0.29, 0.717) is 31.5 Å². The summed E-state index contributed by atoms with van der Waals surface area (Å²) in [7, 11) is 0. The molecular formula is C26H30N4O2. The van der Waals surface area contributed by atoms with E-state index in [4.69, 9.17) is 4.74 Å². The maximum absolute atomic E-state index is 13.4. The Labute approximate surface area is 188 Å². The molecule has 32 heavy (non-hydrogen) atoms. The molecule has 0 spiro atoms. The molecule has 6 rings (SSSR count). The first kappa shape index (κ1) is 19.6. The summed E-state index contributed by atoms with van der Waals surface area (Å²) in [6, 6.07) is 12.8. The molecule has 0 bridgehead atoms. The zero-order valence-electron chi connectivity index (χ0n) is 18.8. The second kappa shape index (κ2) is 7.54. The SMILES string of the molecule is Cc1nc2ccc(-c3ccc4c(c3)CN(C(=O)N3CC5CC(C)C[C@@H]5C3)CCO4)cc2[nH]1. The van der Waals surface area contributed by atoms with Crippen molar-refractivity contribution in [2.24, 2.45) is 17.8 Å². The van der Waals surface area contributed by atoms with Crippen LogP contribution in [0.5, 0.6) is 5.75 Å². The number of fused-ring (bicyclic) bond motifs is 3. The van der Waals surface area contributed by atoms with E-state index in [1.165, 1.54) is 12.8 Å². The highest BCUT2D eigenvalue weighted by atomic mass is 16.5. The third kappa shape index (κ3) is 3.42. The lowest BCUT2D eigenvalue weighted by molar-refractivity contribution is 0.151. The highest BCUT2D eigenvalue weighted by Gasteiger charge is 2.42. The van der Waals surface area contributed by atoms with E-state index in [2.05, 4.69) is 52.1 Å². The minimum atomic E-state index is 0.170. The number of aromatic nitrogens is 2. The monoisotopic (exact) mass is 430 g/mol. The van der Waals surface area contributed by atoms with Gasteiger partial charge in [-0.15, -0.1) is 0 Å². The topological polar surface area (TPSA) is 61.5 Å². The van der Waals surface area contributed by atoms with Crippen molar-refractivity contribution in [3.63, 3.8) is 0 Å². The molecule has 2 aromatic carbocycles. The van der Waals surface area contributed by atoms with Gasteiger partial charge in [0.05, 0.1) is 24.1 Å². The first-order valence-corrected chi connectivity index (χ1v) is 11.8. The Balaban J connectivity index is 1.24. The fourth-order valence-electron chi connectivity index (χ4n) is 6.01. The van der Waals surface area contributed by atoms with Crippen molar-refractivity contribution in [1.82, 2.24) is 19.8 Å². The van der Waals surface area contributed by atoms with Crippen molar-refractivity contribution in [1.29, 1.82) is 0 Å². The average molecular weight is 431 g/mol. The summed E-state index contributed by atoms with van der Waals surface area (Å²) >= 11 is 0. The van der Waals surface area contributed by atoms with Gasteiger partial charge >= 0.3 is 6.03 Å². The number of nitrogens with zero attached hydrogens (tertiary/aromatic N) is 3. The van der Waals surface area contributed by atoms with Gasteiger partial charge in [0.15, 0.2) is 0 Å². The first-order chi connectivity index (χ1) is 15.5. The van der Waals surface area contributed by atoms with Crippen LogP contribution in [0.1, 0.15) is 31.2 Å². The maximum Gasteiger partial charge on any atom is 0.320 e. The van der Waals surface area contributed by atoms with Gasteiger partial charge < -0.3 is 19.5 Å². The van der Waals surface area contributed by atoms with Crippen LogP contribution in [-0.4, -0.2) is 52.0 Å². The number of H-pyrrole nitrogens is 1. The molecule has 1 aliphatic carbocycles. The number of hydrogen-bond acceptors (Lipinski definition) is 3. The molecule has 2 amide bonds. The number of carbonyl (C=O) groups excluding carboxylic acids is 1. The molecule has 3 aromatic rings. The molecule has 0 radical (unpaired) electrons. The minimum absolute atomic E-state index is 0.170. The number of benzene rings is 2. The molecule has 166 valence electrons. The Kier molecular flexibility index (Phi) is 4.63. The Hall–Kier alpha value is -3.02. The van der Waals surface area contributed by atoms with Crippen molar-refractivity contribution in [3.8, 4) is 16.9 Å². The van der Waals surface area contributed by atoms with Crippen LogP contribution in [0.3, 0.4) is 0 Å². The average Bonchev–Trinajstić information content (AvgIpc) is 3.38. The van der Waals surface area contributed by atoms with Gasteiger partial charge in [-0.25, -0.2) is 9.78 Å². The van der Waals surface area contributed by atoms with Gasteiger partial charge in [0.2, 0.25) is 0 Å². The molecule has 3 aliphatic rings. The van der Waals surface area contributed by atoms with Crippen LogP contribution >= 0.6 is 0 Å². The molecule has 1 saturated heterocycles. The normalized spacial score (nSPS) is 24.9. The van der Waals surface area contributed by atoms with E-state index in [-0.39, 0.29) is 6.03 Å². The number of nitrogens with one attached hydrogen (secondary N) is 1. The molecular weight excluding hydrogens is 400 g/mol. The molecule has 1 saturated carbocycles. The van der Waals surface area contributed by atoms with Gasteiger partial charge in [-0.3, -0.25) is 0 Å². The highest BCUT2D eigenvalue weighted by Crippen LogP contribution is 2.41. The molecule has 6 nitrogen and oxygen atoms in total. The lowest BCUT2D eigenvalue weighted by atomic mass is 10.0. The molecule has 2 unspecified atom stereocenters. The van der Waals surface area contributed by atoms with Crippen LogP contribution < -0.4 is 4.74 Å². The number of hydrogen-bond donors (Lipinski definition) is 1. The highest BCUT2D eigenvalue weighted by molar-refractivity contribution is 5.82. The summed E-state index contributed by atoms with van der Waals surface area (Å²) in [5.74, 6) is 4.00. The number of aryl methyl sites for hydroxylation is 1. The fourth-order valence-corrected chi connectivity index (χ4v) is 6.01. The van der Waals surface area contributed by atoms with Crippen molar-refractivity contribution in [2.75, 3.05) is 26.2 Å². The zero-order chi connectivity index (χ0) is 21.8. The van der Waals surface area contributed by atoms with E-state index < -0.39 is 0 Å². The molecule has 3 atom stereocenters. The van der Waals surface area contributed by atoms with Crippen molar-refractivity contribution < 1.29 is 9.53 Å². The van der Waals surface area contributed by atoms with E-state index in [9.17, 15) is 4.79 Å². The van der Waals surface area contributed by atoms with E-state index >= 15 is 0 Å². The van der Waals surface area contributed by atoms with Crippen LogP contribution in [-0.2, 0) is 6.54 Å². The van der Waals surface area contributed by atoms with Crippen LogP contribution in [0.15, 0.2) is 36.4 Å². The number of amides is 2. The van der Waals surface area contributed by atoms with E-state index in [0.717, 1.165) is 58.3 Å². The quantitative estimate of drug-likeness (QED) is 0.601. The number of aromatic amines is 1. The van der Waals surface area contributed by atoms with E-state index in [1.807, 2.05) is 17.9 Å². The number of ether oxygens (including phenoxy) is 1. The molecule has 2 aliphatic heterocycles. The first-order valence-electron chi connectivity index (χ1n) is 11.8. The predicted molar refractivity (Wildman–Crippen MR) is 125 cm³/mol.